The van der Waals surface area contributed by atoms with Crippen LogP contribution in [0.3, 0.4) is 0 Å². The van der Waals surface area contributed by atoms with E-state index in [4.69, 9.17) is 0 Å². The number of rotatable bonds is 4. The zero-order chi connectivity index (χ0) is 10.5. The van der Waals surface area contributed by atoms with Gasteiger partial charge in [0.15, 0.2) is 0 Å². The lowest BCUT2D eigenvalue weighted by Gasteiger charge is -2.07. The molecule has 2 heterocycles. The maximum Gasteiger partial charge on any atom is 0.0500 e. The summed E-state index contributed by atoms with van der Waals surface area (Å²) < 4.78 is 11.8. The highest BCUT2D eigenvalue weighted by Gasteiger charge is 2.17. The number of hydrogen-bond donors (Lipinski definition) is 1. The Hall–Kier alpha value is -0.740. The van der Waals surface area contributed by atoms with Crippen molar-refractivity contribution >= 4 is 10.8 Å². The summed E-state index contributed by atoms with van der Waals surface area (Å²) in [6.07, 6.45) is 4.71. The molecule has 0 bridgehead atoms. The number of pyridine rings is 1. The van der Waals surface area contributed by atoms with Crippen LogP contribution in [0.15, 0.2) is 24.5 Å². The van der Waals surface area contributed by atoms with E-state index in [0.29, 0.717) is 11.7 Å². The van der Waals surface area contributed by atoms with Crippen LogP contribution in [-0.2, 0) is 16.6 Å². The molecule has 3 nitrogen and oxygen atoms in total. The Kier molecular flexibility index (Phi) is 3.86. The zero-order valence-electron chi connectivity index (χ0n) is 8.69. The molecule has 1 aliphatic rings. The number of aromatic nitrogens is 1. The molecule has 0 spiro atoms. The van der Waals surface area contributed by atoms with Crippen LogP contribution in [0.1, 0.15) is 12.0 Å². The van der Waals surface area contributed by atoms with Crippen LogP contribution in [0.4, 0.5) is 0 Å². The Morgan fingerprint density at radius 1 is 1.60 bits per heavy atom. The normalized spacial score (nSPS) is 22.8. The number of nitrogens with zero attached hydrogens (tertiary/aromatic N) is 1. The molecule has 2 atom stereocenters. The van der Waals surface area contributed by atoms with Crippen LogP contribution in [-0.4, -0.2) is 28.0 Å². The third kappa shape index (κ3) is 3.39. The molecule has 1 fully saturated rings. The maximum absolute atomic E-state index is 11.8. The van der Waals surface area contributed by atoms with Gasteiger partial charge in [-0.05, 0) is 37.1 Å². The molecule has 1 saturated heterocycles. The Balaban J connectivity index is 1.82. The fourth-order valence-electron chi connectivity index (χ4n) is 1.85. The van der Waals surface area contributed by atoms with Gasteiger partial charge in [0.2, 0.25) is 0 Å². The summed E-state index contributed by atoms with van der Waals surface area (Å²) in [6, 6.07) is 3.88. The van der Waals surface area contributed by atoms with Crippen molar-refractivity contribution < 1.29 is 4.21 Å². The molecule has 82 valence electrons. The van der Waals surface area contributed by atoms with Gasteiger partial charge >= 0.3 is 0 Å². The summed E-state index contributed by atoms with van der Waals surface area (Å²) in [5.74, 6) is 2.06. The molecule has 0 saturated carbocycles. The topological polar surface area (TPSA) is 42.0 Å². The molecule has 0 unspecified atom stereocenters. The molecule has 1 N–H and O–H groups in total. The summed E-state index contributed by atoms with van der Waals surface area (Å²) in [5, 5.41) is 3.29. The second-order valence-corrected chi connectivity index (χ2v) is 5.47. The molecular weight excluding hydrogens is 208 g/mol. The summed E-state index contributed by atoms with van der Waals surface area (Å²) in [4.78, 5) is 4.02. The Bertz CT molecular complexity index is 323. The van der Waals surface area contributed by atoms with Gasteiger partial charge < -0.3 is 5.32 Å². The first kappa shape index (κ1) is 10.8. The summed E-state index contributed by atoms with van der Waals surface area (Å²) in [6.45, 7) is 2.10. The lowest BCUT2D eigenvalue weighted by Crippen LogP contribution is -2.15. The van der Waals surface area contributed by atoms with Crippen molar-refractivity contribution in [2.75, 3.05) is 18.8 Å². The summed E-state index contributed by atoms with van der Waals surface area (Å²) >= 11 is 0. The highest BCUT2D eigenvalue weighted by atomic mass is 32.2. The van der Waals surface area contributed by atoms with E-state index < -0.39 is 10.8 Å². The first-order chi connectivity index (χ1) is 7.34. The van der Waals surface area contributed by atoms with Crippen LogP contribution >= 0.6 is 0 Å². The van der Waals surface area contributed by atoms with E-state index in [1.807, 2.05) is 12.1 Å². The number of hydrogen-bond acceptors (Lipinski definition) is 3. The second kappa shape index (κ2) is 5.37. The average Bonchev–Trinajstić information content (AvgIpc) is 2.71. The van der Waals surface area contributed by atoms with Crippen LogP contribution in [0.5, 0.6) is 0 Å². The Morgan fingerprint density at radius 2 is 2.53 bits per heavy atom. The van der Waals surface area contributed by atoms with E-state index in [9.17, 15) is 4.21 Å². The average molecular weight is 224 g/mol. The van der Waals surface area contributed by atoms with E-state index in [1.54, 1.807) is 12.4 Å². The van der Waals surface area contributed by atoms with Gasteiger partial charge in [0, 0.05) is 28.9 Å². The maximum atomic E-state index is 11.8. The lowest BCUT2D eigenvalue weighted by atomic mass is 10.2. The number of nitrogens with one attached hydrogen (secondary N) is 1. The Morgan fingerprint density at radius 3 is 3.20 bits per heavy atom. The van der Waals surface area contributed by atoms with Gasteiger partial charge in [-0.3, -0.25) is 9.19 Å². The van der Waals surface area contributed by atoms with E-state index in [-0.39, 0.29) is 0 Å². The van der Waals surface area contributed by atoms with Crippen molar-refractivity contribution in [2.24, 2.45) is 5.92 Å². The second-order valence-electron chi connectivity index (χ2n) is 3.97. The molecule has 1 aliphatic heterocycles. The van der Waals surface area contributed by atoms with Crippen molar-refractivity contribution in [3.05, 3.63) is 30.1 Å². The van der Waals surface area contributed by atoms with Crippen LogP contribution in [0.25, 0.3) is 0 Å². The monoisotopic (exact) mass is 224 g/mol. The lowest BCUT2D eigenvalue weighted by molar-refractivity contribution is 0.632. The molecule has 0 amide bonds. The van der Waals surface area contributed by atoms with Crippen LogP contribution in [0, 0.1) is 5.92 Å². The predicted molar refractivity (Wildman–Crippen MR) is 61.9 cm³/mol. The third-order valence-corrected chi connectivity index (χ3v) is 4.13. The van der Waals surface area contributed by atoms with E-state index >= 15 is 0 Å². The highest BCUT2D eigenvalue weighted by molar-refractivity contribution is 7.84. The molecule has 0 aromatic carbocycles. The van der Waals surface area contributed by atoms with Gasteiger partial charge in [0.05, 0.1) is 5.75 Å². The zero-order valence-corrected chi connectivity index (χ0v) is 9.50. The van der Waals surface area contributed by atoms with E-state index in [2.05, 4.69) is 10.3 Å². The van der Waals surface area contributed by atoms with E-state index in [1.165, 1.54) is 6.42 Å². The smallest absolute Gasteiger partial charge is 0.0500 e. The van der Waals surface area contributed by atoms with Crippen molar-refractivity contribution in [3.63, 3.8) is 0 Å². The molecule has 4 heteroatoms. The van der Waals surface area contributed by atoms with Gasteiger partial charge in [0.1, 0.15) is 0 Å². The standard InChI is InChI=1S/C11H16N2OS/c14-15(9-11-3-5-13-7-11)8-10-2-1-4-12-6-10/h1-2,4,6,11,13H,3,5,7-9H2/t11-,15-/m1/s1. The summed E-state index contributed by atoms with van der Waals surface area (Å²) in [5.41, 5.74) is 1.07. The molecule has 1 aromatic rings. The summed E-state index contributed by atoms with van der Waals surface area (Å²) in [7, 11) is -0.741. The quantitative estimate of drug-likeness (QED) is 0.827. The van der Waals surface area contributed by atoms with Crippen LogP contribution in [0.2, 0.25) is 0 Å². The van der Waals surface area contributed by atoms with Crippen molar-refractivity contribution in [2.45, 2.75) is 12.2 Å². The third-order valence-electron chi connectivity index (χ3n) is 2.63. The van der Waals surface area contributed by atoms with Gasteiger partial charge in [-0.25, -0.2) is 0 Å². The fourth-order valence-corrected chi connectivity index (χ4v) is 3.32. The molecule has 2 rings (SSSR count). The van der Waals surface area contributed by atoms with Crippen molar-refractivity contribution in [3.8, 4) is 0 Å². The minimum atomic E-state index is -0.741. The van der Waals surface area contributed by atoms with E-state index in [0.717, 1.165) is 24.4 Å². The first-order valence-electron chi connectivity index (χ1n) is 5.29. The highest BCUT2D eigenvalue weighted by Crippen LogP contribution is 2.11. The molecule has 0 radical (unpaired) electrons. The molecule has 1 aromatic heterocycles. The first-order valence-corrected chi connectivity index (χ1v) is 6.78. The molecule has 15 heavy (non-hydrogen) atoms. The SMILES string of the molecule is O=[S@](Cc1cccnc1)C[C@@H]1CCNC1. The minimum absolute atomic E-state index is 0.600. The van der Waals surface area contributed by atoms with Gasteiger partial charge in [0.25, 0.3) is 0 Å². The largest absolute Gasteiger partial charge is 0.316 e. The van der Waals surface area contributed by atoms with Gasteiger partial charge in [-0.2, -0.15) is 0 Å². The molecule has 0 aliphatic carbocycles. The van der Waals surface area contributed by atoms with Crippen LogP contribution < -0.4 is 5.32 Å². The van der Waals surface area contributed by atoms with Gasteiger partial charge in [-0.15, -0.1) is 0 Å². The molecular formula is C11H16N2OS. The van der Waals surface area contributed by atoms with Crippen molar-refractivity contribution in [1.29, 1.82) is 0 Å². The Labute approximate surface area is 92.8 Å². The fraction of sp³-hybridized carbons (Fsp3) is 0.545. The van der Waals surface area contributed by atoms with Gasteiger partial charge in [-0.1, -0.05) is 6.07 Å². The minimum Gasteiger partial charge on any atom is -0.316 e. The predicted octanol–water partition coefficient (Wildman–Crippen LogP) is 0.940. The van der Waals surface area contributed by atoms with Crippen molar-refractivity contribution in [1.82, 2.24) is 10.3 Å².